The number of benzene rings is 1. The number of nitrogens with zero attached hydrogens (tertiary/aromatic N) is 1. The standard InChI is InChI=1S/C18H21F3N2O2/c1-3-25-17(24)14-8-4-6-11-10-12-13(18(19,20)21)7-5-9-15(12)23(2)16(11)22-14/h5,7,9,14,22H,3-4,6,8,10H2,1-2H3. The van der Waals surface area contributed by atoms with Crippen molar-refractivity contribution < 1.29 is 22.7 Å². The molecule has 0 radical (unpaired) electrons. The van der Waals surface area contributed by atoms with E-state index in [0.29, 0.717) is 30.7 Å². The number of allylic oxidation sites excluding steroid dienone is 1. The van der Waals surface area contributed by atoms with E-state index in [-0.39, 0.29) is 12.4 Å². The summed E-state index contributed by atoms with van der Waals surface area (Å²) >= 11 is 0. The van der Waals surface area contributed by atoms with Gasteiger partial charge in [0.1, 0.15) is 11.9 Å². The minimum absolute atomic E-state index is 0.243. The van der Waals surface area contributed by atoms with E-state index >= 15 is 0 Å². The summed E-state index contributed by atoms with van der Waals surface area (Å²) in [6, 6.07) is 3.76. The number of alkyl halides is 3. The van der Waals surface area contributed by atoms with Gasteiger partial charge in [-0.3, -0.25) is 0 Å². The van der Waals surface area contributed by atoms with Gasteiger partial charge in [0.15, 0.2) is 0 Å². The molecule has 0 saturated carbocycles. The van der Waals surface area contributed by atoms with E-state index < -0.39 is 17.8 Å². The fourth-order valence-corrected chi connectivity index (χ4v) is 3.58. The molecule has 0 amide bonds. The highest BCUT2D eigenvalue weighted by atomic mass is 19.4. The van der Waals surface area contributed by atoms with Crippen LogP contribution in [0.25, 0.3) is 0 Å². The molecule has 0 aromatic heterocycles. The molecule has 1 aromatic carbocycles. The van der Waals surface area contributed by atoms with Crippen molar-refractivity contribution in [3.05, 3.63) is 40.7 Å². The van der Waals surface area contributed by atoms with Gasteiger partial charge < -0.3 is 15.0 Å². The number of hydrogen-bond acceptors (Lipinski definition) is 4. The molecule has 2 aliphatic rings. The van der Waals surface area contributed by atoms with Gasteiger partial charge in [0.2, 0.25) is 0 Å². The highest BCUT2D eigenvalue weighted by molar-refractivity contribution is 5.77. The van der Waals surface area contributed by atoms with Crippen molar-refractivity contribution >= 4 is 11.7 Å². The molecule has 1 N–H and O–H groups in total. The quantitative estimate of drug-likeness (QED) is 0.824. The maximum atomic E-state index is 13.3. The zero-order chi connectivity index (χ0) is 18.2. The van der Waals surface area contributed by atoms with Gasteiger partial charge in [-0.05, 0) is 55.9 Å². The number of ether oxygens (including phenoxy) is 1. The van der Waals surface area contributed by atoms with Crippen LogP contribution in [0.3, 0.4) is 0 Å². The van der Waals surface area contributed by atoms with Crippen LogP contribution in [0, 0.1) is 0 Å². The van der Waals surface area contributed by atoms with Crippen LogP contribution in [0.1, 0.15) is 37.3 Å². The normalized spacial score (nSPS) is 20.4. The Kier molecular flexibility index (Phi) is 4.67. The zero-order valence-corrected chi connectivity index (χ0v) is 14.2. The van der Waals surface area contributed by atoms with Crippen LogP contribution >= 0.6 is 0 Å². The third kappa shape index (κ3) is 3.32. The second-order valence-corrected chi connectivity index (χ2v) is 6.33. The van der Waals surface area contributed by atoms with Gasteiger partial charge in [-0.15, -0.1) is 0 Å². The molecule has 4 nitrogen and oxygen atoms in total. The summed E-state index contributed by atoms with van der Waals surface area (Å²) in [6.45, 7) is 2.05. The highest BCUT2D eigenvalue weighted by Crippen LogP contribution is 2.42. The van der Waals surface area contributed by atoms with Crippen molar-refractivity contribution in [2.24, 2.45) is 0 Å². The lowest BCUT2D eigenvalue weighted by molar-refractivity contribution is -0.145. The van der Waals surface area contributed by atoms with Crippen LogP contribution in [0.5, 0.6) is 0 Å². The van der Waals surface area contributed by atoms with Crippen molar-refractivity contribution in [1.82, 2.24) is 5.32 Å². The summed E-state index contributed by atoms with van der Waals surface area (Å²) < 4.78 is 45.1. The molecule has 25 heavy (non-hydrogen) atoms. The second-order valence-electron chi connectivity index (χ2n) is 6.33. The maximum Gasteiger partial charge on any atom is 0.416 e. The lowest BCUT2D eigenvalue weighted by Gasteiger charge is -2.34. The van der Waals surface area contributed by atoms with Gasteiger partial charge in [0, 0.05) is 12.7 Å². The van der Waals surface area contributed by atoms with Gasteiger partial charge in [-0.25, -0.2) is 4.79 Å². The maximum absolute atomic E-state index is 13.3. The summed E-state index contributed by atoms with van der Waals surface area (Å²) in [6.07, 6.45) is -2.15. The number of nitrogens with one attached hydrogen (secondary N) is 1. The molecule has 0 spiro atoms. The van der Waals surface area contributed by atoms with Crippen molar-refractivity contribution in [3.8, 4) is 0 Å². The summed E-state index contributed by atoms with van der Waals surface area (Å²) in [7, 11) is 1.73. The minimum atomic E-state index is -4.38. The summed E-state index contributed by atoms with van der Waals surface area (Å²) in [4.78, 5) is 13.8. The first-order chi connectivity index (χ1) is 11.8. The van der Waals surface area contributed by atoms with Crippen molar-refractivity contribution in [3.63, 3.8) is 0 Å². The van der Waals surface area contributed by atoms with Crippen LogP contribution in [-0.4, -0.2) is 25.7 Å². The smallest absolute Gasteiger partial charge is 0.416 e. The molecule has 0 bridgehead atoms. The average Bonchev–Trinajstić information content (AvgIpc) is 2.77. The molecule has 1 aromatic rings. The lowest BCUT2D eigenvalue weighted by Crippen LogP contribution is -2.43. The lowest BCUT2D eigenvalue weighted by atomic mass is 9.91. The minimum Gasteiger partial charge on any atom is -0.464 e. The molecular formula is C18H21F3N2O2. The molecule has 1 atom stereocenters. The van der Waals surface area contributed by atoms with Crippen LogP contribution in [0.15, 0.2) is 29.6 Å². The van der Waals surface area contributed by atoms with Gasteiger partial charge in [0.05, 0.1) is 12.2 Å². The second kappa shape index (κ2) is 6.61. The average molecular weight is 354 g/mol. The number of anilines is 1. The summed E-state index contributed by atoms with van der Waals surface area (Å²) in [5.41, 5.74) is 1.13. The Bertz CT molecular complexity index is 713. The third-order valence-electron chi connectivity index (χ3n) is 4.73. The first-order valence-electron chi connectivity index (χ1n) is 8.41. The van der Waals surface area contributed by atoms with Crippen LogP contribution in [0.2, 0.25) is 0 Å². The Morgan fingerprint density at radius 3 is 2.84 bits per heavy atom. The van der Waals surface area contributed by atoms with E-state index in [9.17, 15) is 18.0 Å². The van der Waals surface area contributed by atoms with Crippen molar-refractivity contribution in [2.45, 2.75) is 44.8 Å². The summed E-state index contributed by atoms with van der Waals surface area (Å²) in [5.74, 6) is 0.405. The number of carbonyl (C=O) groups excluding carboxylic acids is 1. The predicted octanol–water partition coefficient (Wildman–Crippen LogP) is 3.61. The van der Waals surface area contributed by atoms with E-state index in [1.807, 2.05) is 0 Å². The first-order valence-corrected chi connectivity index (χ1v) is 8.41. The van der Waals surface area contributed by atoms with E-state index in [1.165, 1.54) is 6.07 Å². The van der Waals surface area contributed by atoms with Gasteiger partial charge in [-0.2, -0.15) is 13.2 Å². The number of halogens is 3. The number of fused-ring (bicyclic) bond motifs is 1. The van der Waals surface area contributed by atoms with Gasteiger partial charge >= 0.3 is 12.1 Å². The number of rotatable bonds is 2. The molecular weight excluding hydrogens is 333 g/mol. The van der Waals surface area contributed by atoms with E-state index in [2.05, 4.69) is 5.32 Å². The van der Waals surface area contributed by atoms with Crippen LogP contribution < -0.4 is 10.2 Å². The SMILES string of the molecule is CCOC(=O)C1CCCC2=C(N1)N(C)c1cccc(C(F)(F)F)c1C2. The Morgan fingerprint density at radius 2 is 2.16 bits per heavy atom. The Labute approximate surface area is 144 Å². The highest BCUT2D eigenvalue weighted by Gasteiger charge is 2.38. The number of carbonyl (C=O) groups is 1. The predicted molar refractivity (Wildman–Crippen MR) is 88.0 cm³/mol. The fraction of sp³-hybridized carbons (Fsp3) is 0.500. The fourth-order valence-electron chi connectivity index (χ4n) is 3.58. The molecule has 1 unspecified atom stereocenters. The molecule has 136 valence electrons. The number of esters is 1. The summed E-state index contributed by atoms with van der Waals surface area (Å²) in [5, 5.41) is 3.20. The van der Waals surface area contributed by atoms with Gasteiger partial charge in [-0.1, -0.05) is 6.07 Å². The zero-order valence-electron chi connectivity index (χ0n) is 14.2. The van der Waals surface area contributed by atoms with E-state index in [0.717, 1.165) is 23.9 Å². The van der Waals surface area contributed by atoms with Crippen molar-refractivity contribution in [1.29, 1.82) is 0 Å². The molecule has 0 saturated heterocycles. The largest absolute Gasteiger partial charge is 0.464 e. The third-order valence-corrected chi connectivity index (χ3v) is 4.73. The number of hydrogen-bond donors (Lipinski definition) is 1. The first kappa shape index (κ1) is 17.6. The molecule has 7 heteroatoms. The topological polar surface area (TPSA) is 41.6 Å². The Morgan fingerprint density at radius 1 is 1.40 bits per heavy atom. The monoisotopic (exact) mass is 354 g/mol. The molecule has 2 heterocycles. The molecule has 2 aliphatic heterocycles. The Balaban J connectivity index is 1.96. The Hall–Kier alpha value is -2.18. The molecule has 0 aliphatic carbocycles. The van der Waals surface area contributed by atoms with E-state index in [4.69, 9.17) is 4.74 Å². The van der Waals surface area contributed by atoms with E-state index in [1.54, 1.807) is 24.9 Å². The van der Waals surface area contributed by atoms with Crippen LogP contribution in [0.4, 0.5) is 18.9 Å². The van der Waals surface area contributed by atoms with Crippen LogP contribution in [-0.2, 0) is 22.1 Å². The molecule has 0 fully saturated rings. The van der Waals surface area contributed by atoms with Crippen molar-refractivity contribution in [2.75, 3.05) is 18.6 Å². The van der Waals surface area contributed by atoms with Gasteiger partial charge in [0.25, 0.3) is 0 Å². The molecule has 3 rings (SSSR count).